The number of ketones is 1. The minimum absolute atomic E-state index is 0.204. The summed E-state index contributed by atoms with van der Waals surface area (Å²) in [6, 6.07) is 0. The van der Waals surface area contributed by atoms with Gasteiger partial charge in [0.2, 0.25) is 0 Å². The van der Waals surface area contributed by atoms with E-state index in [1.54, 1.807) is 0 Å². The van der Waals surface area contributed by atoms with Gasteiger partial charge >= 0.3 is 0 Å². The summed E-state index contributed by atoms with van der Waals surface area (Å²) >= 11 is 13.7. The van der Waals surface area contributed by atoms with Gasteiger partial charge in [-0.05, 0) is 156 Å². The average molecular weight is 1870 g/mol. The van der Waals surface area contributed by atoms with Crippen LogP contribution in [-0.2, 0) is 4.79 Å². The van der Waals surface area contributed by atoms with E-state index in [2.05, 4.69) is 413 Å². The number of nitrogens with two attached hydrogens (primary N) is 2. The number of hydrogen-bond acceptors (Lipinski definition) is 9. The molecule has 0 aromatic heterocycles. The first-order valence-electron chi connectivity index (χ1n) is 52.4. The van der Waals surface area contributed by atoms with Gasteiger partial charge in [-0.2, -0.15) is 0 Å². The van der Waals surface area contributed by atoms with Crippen LogP contribution >= 0.6 is 37.5 Å². The van der Waals surface area contributed by atoms with Gasteiger partial charge in [0, 0.05) is 40.8 Å². The van der Waals surface area contributed by atoms with Crippen LogP contribution in [0.15, 0.2) is 66.2 Å². The highest BCUT2D eigenvalue weighted by atomic mass is 32.1. The molecule has 0 amide bonds. The predicted octanol–water partition coefficient (Wildman–Crippen LogP) is 46.9. The molecule has 0 aliphatic rings. The molecule has 0 saturated carbocycles. The summed E-state index contributed by atoms with van der Waals surface area (Å²) in [6.45, 7) is 150. The molecule has 6 nitrogen and oxygen atoms in total. The van der Waals surface area contributed by atoms with Crippen LogP contribution in [0.25, 0.3) is 0 Å². The van der Waals surface area contributed by atoms with Gasteiger partial charge in [0.1, 0.15) is 5.78 Å². The van der Waals surface area contributed by atoms with Gasteiger partial charge in [0.05, 0.1) is 11.5 Å². The fourth-order valence-corrected chi connectivity index (χ4v) is 5.46. The Balaban J connectivity index is -0.0000000327. The van der Waals surface area contributed by atoms with E-state index in [-0.39, 0.29) is 23.7 Å². The molecule has 0 heterocycles. The highest BCUT2D eigenvalue weighted by molar-refractivity contribution is 7.84. The number of thiol groups is 2. The van der Waals surface area contributed by atoms with Crippen molar-refractivity contribution >= 4 is 53.8 Å². The molecule has 0 bridgehead atoms. The molecule has 0 aromatic carbocycles. The number of hydrogen-bond donors (Lipinski definition) is 7. The van der Waals surface area contributed by atoms with Gasteiger partial charge in [-0.1, -0.05) is 566 Å². The average Bonchev–Trinajstić information content (AvgIpc) is 1.07. The van der Waals surface area contributed by atoms with Gasteiger partial charge in [-0.3, -0.25) is 4.79 Å². The Hall–Kier alpha value is -2.23. The van der Waals surface area contributed by atoms with E-state index in [4.69, 9.17) is 39.3 Å². The van der Waals surface area contributed by atoms with Crippen molar-refractivity contribution in [3.05, 3.63) is 66.2 Å². The van der Waals surface area contributed by atoms with Crippen molar-refractivity contribution in [3.63, 3.8) is 0 Å². The Bertz CT molecular complexity index is 1540. The summed E-state index contributed by atoms with van der Waals surface area (Å²) in [4.78, 5) is 14.5. The van der Waals surface area contributed by atoms with Gasteiger partial charge in [0.15, 0.2) is 0 Å². The maximum absolute atomic E-state index is 10.8. The largest absolute Gasteiger partial charge is 0.512 e. The van der Waals surface area contributed by atoms with Crippen molar-refractivity contribution in [3.8, 4) is 0 Å². The SMILES string of the molecule is CC(C)=C(N)C(C)C.CC(C)=C(N)C(C)C.CC(C)=C(O)C(C)C.CC(C)=C(O)C(C)C.CC(C)=C(S)C(C)C.CC(C)=C(S)C(C)C.CC(C)C(=N)C(C)C.CC(C)C(=O)C(C)C.CC(C)C(=S)C(C)C.CCC.CCC.CCC.CCC.CCC.CCC.CCC.CCC.CCC.CCC.CCC.CCC.CCC.CCC.CCC.CCC.CCC.CCC. The standard InChI is InChI=1S/3C7H15N.3C7H14O.3C7H14S.18C3H8/c9*1-5(2)7(8)6(3)4;18*1-3-2/h2*5H,8H2,1-4H3;5-6,8H,1-4H3;2*5,8H,1-4H3;5-6H,1-4H3;2*5,8H,1-4H3;5-6H,1-4H3;18*3H2,1-2H3. The molecule has 126 heavy (non-hydrogen) atoms. The number of carbonyl (C=O) groups is 1. The molecule has 0 saturated heterocycles. The minimum Gasteiger partial charge on any atom is -0.512 e. The zero-order valence-electron chi connectivity index (χ0n) is 103. The van der Waals surface area contributed by atoms with E-state index in [1.165, 1.54) is 153 Å². The lowest BCUT2D eigenvalue weighted by molar-refractivity contribution is -0.124. The smallest absolute Gasteiger partial charge is 0.137 e. The second-order valence-corrected chi connectivity index (χ2v) is 37.7. The number of nitrogens with one attached hydrogen (secondary N) is 1. The van der Waals surface area contributed by atoms with E-state index in [1.807, 2.05) is 111 Å². The molecule has 0 aromatic rings. The topological polar surface area (TPSA) is 133 Å². The fourth-order valence-electron chi connectivity index (χ4n) is 5.46. The van der Waals surface area contributed by atoms with Crippen molar-refractivity contribution in [2.45, 2.75) is 614 Å². The fraction of sp³-hybridized carbons (Fsp3) is 0.872. The van der Waals surface area contributed by atoms with Crippen molar-refractivity contribution in [1.29, 1.82) is 5.41 Å². The normalized spacial score (nSPS) is 8.30. The first kappa shape index (κ1) is 199. The van der Waals surface area contributed by atoms with Gasteiger partial charge in [-0.15, -0.1) is 25.3 Å². The van der Waals surface area contributed by atoms with Crippen LogP contribution in [-0.4, -0.2) is 26.6 Å². The van der Waals surface area contributed by atoms with Crippen molar-refractivity contribution in [2.24, 2.45) is 82.5 Å². The summed E-state index contributed by atoms with van der Waals surface area (Å²) in [5, 5.41) is 25.6. The van der Waals surface area contributed by atoms with Crippen LogP contribution in [0.3, 0.4) is 0 Å². The first-order valence-corrected chi connectivity index (χ1v) is 53.7. The zero-order valence-corrected chi connectivity index (χ0v) is 106. The quantitative estimate of drug-likeness (QED) is 0.0451. The van der Waals surface area contributed by atoms with Gasteiger partial charge in [-0.25, -0.2) is 0 Å². The summed E-state index contributed by atoms with van der Waals surface area (Å²) in [6.07, 6.45) is 22.5. The number of allylic oxidation sites excluding steroid dienone is 12. The van der Waals surface area contributed by atoms with Crippen LogP contribution in [0, 0.1) is 76.4 Å². The Labute approximate surface area is 831 Å². The molecule has 0 atom stereocenters. The third kappa shape index (κ3) is 365. The number of thiocarbonyl (C=S) groups is 1. The zero-order chi connectivity index (χ0) is 109. The lowest BCUT2D eigenvalue weighted by Crippen LogP contribution is -2.13. The summed E-state index contributed by atoms with van der Waals surface area (Å²) in [7, 11) is 0. The maximum Gasteiger partial charge on any atom is 0.137 e. The second-order valence-electron chi connectivity index (χ2n) is 36.3. The molecule has 0 fully saturated rings. The first-order chi connectivity index (χ1) is 57.4. The maximum atomic E-state index is 10.8. The Morgan fingerprint density at radius 1 is 0.222 bits per heavy atom. The third-order valence-corrected chi connectivity index (χ3v) is 13.0. The Morgan fingerprint density at radius 3 is 0.341 bits per heavy atom. The Morgan fingerprint density at radius 2 is 0.341 bits per heavy atom. The molecule has 0 rings (SSSR count). The molecular formula is C117H273N3O3S3. The van der Waals surface area contributed by atoms with Crippen molar-refractivity contribution < 1.29 is 15.0 Å². The van der Waals surface area contributed by atoms with E-state index < -0.39 is 0 Å². The molecule has 0 aliphatic carbocycles. The van der Waals surface area contributed by atoms with Crippen LogP contribution in [0.5, 0.6) is 0 Å². The van der Waals surface area contributed by atoms with Gasteiger partial charge < -0.3 is 27.1 Å². The lowest BCUT2D eigenvalue weighted by Gasteiger charge is -2.09. The summed E-state index contributed by atoms with van der Waals surface area (Å²) < 4.78 is 0. The highest BCUT2D eigenvalue weighted by Crippen LogP contribution is 2.19. The Kier molecular flexibility index (Phi) is 307. The van der Waals surface area contributed by atoms with Gasteiger partial charge in [0.25, 0.3) is 0 Å². The highest BCUT2D eigenvalue weighted by Gasteiger charge is 2.10. The second kappa shape index (κ2) is 194. The number of aliphatic hydroxyl groups excluding tert-OH is 2. The van der Waals surface area contributed by atoms with Crippen molar-refractivity contribution in [2.75, 3.05) is 0 Å². The lowest BCUT2D eigenvalue weighted by atomic mass is 9.98. The molecule has 0 radical (unpaired) electrons. The van der Waals surface area contributed by atoms with E-state index >= 15 is 0 Å². The molecule has 0 aliphatic heterocycles. The van der Waals surface area contributed by atoms with Crippen LogP contribution < -0.4 is 11.5 Å². The number of rotatable bonds is 12. The predicted molar refractivity (Wildman–Crippen MR) is 633 cm³/mol. The van der Waals surface area contributed by atoms with Crippen molar-refractivity contribution in [1.82, 2.24) is 0 Å². The monoisotopic (exact) mass is 1870 g/mol. The summed E-state index contributed by atoms with van der Waals surface area (Å²) in [5.74, 6) is 6.52. The van der Waals surface area contributed by atoms with Crippen LogP contribution in [0.1, 0.15) is 614 Å². The molecule has 0 unspecified atom stereocenters. The van der Waals surface area contributed by atoms with E-state index in [9.17, 15) is 4.79 Å². The number of Topliss-reactive ketones (excluding diaryl/α,β-unsaturated/α-hetero) is 1. The molecule has 0 spiro atoms. The molecule has 792 valence electrons. The molecule has 7 N–H and O–H groups in total. The number of carbonyl (C=O) groups excluding carboxylic acids is 1. The summed E-state index contributed by atoms with van der Waals surface area (Å²) in [5.41, 5.74) is 21.3. The van der Waals surface area contributed by atoms with Crippen LogP contribution in [0.2, 0.25) is 0 Å². The molecular weight excluding hydrogens is 1590 g/mol. The number of aliphatic hydroxyl groups is 2. The van der Waals surface area contributed by atoms with E-state index in [0.29, 0.717) is 64.6 Å². The minimum atomic E-state index is 0.204. The van der Waals surface area contributed by atoms with E-state index in [0.717, 1.165) is 28.3 Å². The third-order valence-electron chi connectivity index (χ3n) is 10.2. The van der Waals surface area contributed by atoms with Crippen LogP contribution in [0.4, 0.5) is 0 Å². The molecule has 9 heteroatoms.